The lowest BCUT2D eigenvalue weighted by Gasteiger charge is -2.26. The summed E-state index contributed by atoms with van der Waals surface area (Å²) >= 11 is 0. The first-order valence-electron chi connectivity index (χ1n) is 6.59. The Labute approximate surface area is 121 Å². The number of hydrogen-bond acceptors (Lipinski definition) is 6. The smallest absolute Gasteiger partial charge is 0.272 e. The van der Waals surface area contributed by atoms with Gasteiger partial charge in [-0.2, -0.15) is 0 Å². The molecule has 2 heterocycles. The van der Waals surface area contributed by atoms with E-state index in [1.165, 1.54) is 12.4 Å². The van der Waals surface area contributed by atoms with Gasteiger partial charge in [0, 0.05) is 12.0 Å². The Kier molecular flexibility index (Phi) is 3.65. The van der Waals surface area contributed by atoms with Crippen LogP contribution in [0.4, 0.5) is 5.82 Å². The van der Waals surface area contributed by atoms with Gasteiger partial charge in [0.05, 0.1) is 25.0 Å². The van der Waals surface area contributed by atoms with E-state index in [0.29, 0.717) is 18.8 Å². The Morgan fingerprint density at radius 1 is 1.33 bits per heavy atom. The number of hydrogen-bond donors (Lipinski definition) is 3. The van der Waals surface area contributed by atoms with Crippen LogP contribution in [0.25, 0.3) is 0 Å². The fourth-order valence-electron chi connectivity index (χ4n) is 2.27. The quantitative estimate of drug-likeness (QED) is 0.574. The molecule has 0 spiro atoms. The van der Waals surface area contributed by atoms with Crippen molar-refractivity contribution in [1.29, 1.82) is 0 Å². The Morgan fingerprint density at radius 2 is 2.19 bits per heavy atom. The number of anilines is 1. The number of nitrogens with one attached hydrogen (secondary N) is 2. The first kappa shape index (κ1) is 13.3. The molecule has 0 saturated carbocycles. The van der Waals surface area contributed by atoms with Gasteiger partial charge in [0.1, 0.15) is 11.4 Å². The van der Waals surface area contributed by atoms with Crippen molar-refractivity contribution in [3.8, 4) is 5.75 Å². The van der Waals surface area contributed by atoms with Gasteiger partial charge in [0.25, 0.3) is 5.91 Å². The van der Waals surface area contributed by atoms with Crippen LogP contribution < -0.4 is 21.3 Å². The number of para-hydroxylation sites is 1. The lowest BCUT2D eigenvalue weighted by molar-refractivity contribution is 0.0919. The zero-order chi connectivity index (χ0) is 14.7. The van der Waals surface area contributed by atoms with E-state index in [-0.39, 0.29) is 17.6 Å². The number of carbonyl (C=O) groups is 1. The van der Waals surface area contributed by atoms with E-state index in [0.717, 1.165) is 11.3 Å². The van der Waals surface area contributed by atoms with Crippen LogP contribution in [0.1, 0.15) is 28.5 Å². The molecule has 0 aliphatic carbocycles. The fraction of sp³-hybridized carbons (Fsp3) is 0.214. The van der Waals surface area contributed by atoms with E-state index < -0.39 is 0 Å². The summed E-state index contributed by atoms with van der Waals surface area (Å²) in [4.78, 5) is 20.3. The van der Waals surface area contributed by atoms with Crippen molar-refractivity contribution in [3.63, 3.8) is 0 Å². The molecule has 21 heavy (non-hydrogen) atoms. The van der Waals surface area contributed by atoms with E-state index >= 15 is 0 Å². The lowest BCUT2D eigenvalue weighted by Crippen LogP contribution is -2.32. The number of nitrogen functional groups attached to an aromatic ring is 1. The molecule has 108 valence electrons. The maximum atomic E-state index is 12.3. The second-order valence-electron chi connectivity index (χ2n) is 4.63. The van der Waals surface area contributed by atoms with Gasteiger partial charge < -0.3 is 15.5 Å². The molecule has 0 saturated heterocycles. The summed E-state index contributed by atoms with van der Waals surface area (Å²) in [5.74, 6) is 6.12. The topological polar surface area (TPSA) is 102 Å². The number of ether oxygens (including phenoxy) is 1. The molecule has 1 aromatic heterocycles. The van der Waals surface area contributed by atoms with Crippen molar-refractivity contribution < 1.29 is 9.53 Å². The maximum Gasteiger partial charge on any atom is 0.272 e. The molecule has 0 radical (unpaired) electrons. The van der Waals surface area contributed by atoms with Gasteiger partial charge in [-0.25, -0.2) is 10.8 Å². The second kappa shape index (κ2) is 5.76. The summed E-state index contributed by atoms with van der Waals surface area (Å²) in [6, 6.07) is 7.57. The molecule has 1 aromatic carbocycles. The molecule has 1 aliphatic heterocycles. The second-order valence-corrected chi connectivity index (χ2v) is 4.63. The van der Waals surface area contributed by atoms with Gasteiger partial charge in [0.15, 0.2) is 5.82 Å². The Morgan fingerprint density at radius 3 is 3.05 bits per heavy atom. The predicted molar refractivity (Wildman–Crippen MR) is 76.6 cm³/mol. The SMILES string of the molecule is NNc1cncc(C(=O)NC2CCOc3ccccc32)n1. The van der Waals surface area contributed by atoms with Gasteiger partial charge in [-0.05, 0) is 6.07 Å². The van der Waals surface area contributed by atoms with Crippen LogP contribution in [-0.2, 0) is 0 Å². The van der Waals surface area contributed by atoms with E-state index in [4.69, 9.17) is 10.6 Å². The van der Waals surface area contributed by atoms with Crippen LogP contribution in [0.15, 0.2) is 36.7 Å². The minimum absolute atomic E-state index is 0.0984. The summed E-state index contributed by atoms with van der Waals surface area (Å²) in [7, 11) is 0. The Hall–Kier alpha value is -2.67. The molecule has 0 bridgehead atoms. The van der Waals surface area contributed by atoms with Gasteiger partial charge in [-0.3, -0.25) is 9.78 Å². The fourth-order valence-corrected chi connectivity index (χ4v) is 2.27. The van der Waals surface area contributed by atoms with Crippen LogP contribution in [0.5, 0.6) is 5.75 Å². The molecule has 1 unspecified atom stereocenters. The van der Waals surface area contributed by atoms with Crippen molar-refractivity contribution in [1.82, 2.24) is 15.3 Å². The van der Waals surface area contributed by atoms with Gasteiger partial charge in [-0.15, -0.1) is 0 Å². The average molecular weight is 285 g/mol. The molecule has 4 N–H and O–H groups in total. The number of nitrogens with zero attached hydrogens (tertiary/aromatic N) is 2. The van der Waals surface area contributed by atoms with Crippen LogP contribution in [0, 0.1) is 0 Å². The number of carbonyl (C=O) groups excluding carboxylic acids is 1. The van der Waals surface area contributed by atoms with Crippen LogP contribution >= 0.6 is 0 Å². The Balaban J connectivity index is 1.79. The number of amides is 1. The summed E-state index contributed by atoms with van der Waals surface area (Å²) in [6.07, 6.45) is 3.56. The predicted octanol–water partition coefficient (Wildman–Crippen LogP) is 1.02. The number of fused-ring (bicyclic) bond motifs is 1. The maximum absolute atomic E-state index is 12.3. The minimum atomic E-state index is -0.290. The minimum Gasteiger partial charge on any atom is -0.493 e. The molecular weight excluding hydrogens is 270 g/mol. The third kappa shape index (κ3) is 2.77. The molecule has 3 rings (SSSR count). The molecule has 1 atom stereocenters. The normalized spacial score (nSPS) is 16.5. The molecule has 0 fully saturated rings. The van der Waals surface area contributed by atoms with Gasteiger partial charge >= 0.3 is 0 Å². The molecule has 2 aromatic rings. The van der Waals surface area contributed by atoms with E-state index in [1.807, 2.05) is 24.3 Å². The molecule has 7 heteroatoms. The van der Waals surface area contributed by atoms with Crippen molar-refractivity contribution in [2.45, 2.75) is 12.5 Å². The first-order chi connectivity index (χ1) is 10.3. The summed E-state index contributed by atoms with van der Waals surface area (Å²) in [5, 5.41) is 2.95. The highest BCUT2D eigenvalue weighted by Crippen LogP contribution is 2.31. The molecule has 1 aliphatic rings. The van der Waals surface area contributed by atoms with E-state index in [2.05, 4.69) is 20.7 Å². The highest BCUT2D eigenvalue weighted by Gasteiger charge is 2.23. The summed E-state index contributed by atoms with van der Waals surface area (Å²) in [6.45, 7) is 0.567. The van der Waals surface area contributed by atoms with Gasteiger partial charge in [-0.1, -0.05) is 18.2 Å². The number of hydrazine groups is 1. The number of rotatable bonds is 3. The summed E-state index contributed by atoms with van der Waals surface area (Å²) < 4.78 is 5.57. The number of nitrogens with two attached hydrogens (primary N) is 1. The van der Waals surface area contributed by atoms with Crippen molar-refractivity contribution in [3.05, 3.63) is 47.9 Å². The standard InChI is InChI=1S/C14H15N5O2/c15-19-13-8-16-7-11(17-13)14(20)18-10-5-6-21-12-4-2-1-3-9(10)12/h1-4,7-8,10H,5-6,15H2,(H,17,19)(H,18,20). The Bertz CT molecular complexity index is 661. The lowest BCUT2D eigenvalue weighted by atomic mass is 10.0. The molecule has 7 nitrogen and oxygen atoms in total. The largest absolute Gasteiger partial charge is 0.493 e. The molecular formula is C14H15N5O2. The zero-order valence-corrected chi connectivity index (χ0v) is 11.2. The summed E-state index contributed by atoms with van der Waals surface area (Å²) in [5.41, 5.74) is 3.56. The zero-order valence-electron chi connectivity index (χ0n) is 11.2. The van der Waals surface area contributed by atoms with Crippen molar-refractivity contribution >= 4 is 11.7 Å². The van der Waals surface area contributed by atoms with E-state index in [9.17, 15) is 4.79 Å². The highest BCUT2D eigenvalue weighted by molar-refractivity contribution is 5.92. The van der Waals surface area contributed by atoms with Crippen LogP contribution in [-0.4, -0.2) is 22.5 Å². The third-order valence-corrected chi connectivity index (χ3v) is 3.28. The average Bonchev–Trinajstić information content (AvgIpc) is 2.55. The first-order valence-corrected chi connectivity index (χ1v) is 6.59. The van der Waals surface area contributed by atoms with Crippen LogP contribution in [0.2, 0.25) is 0 Å². The van der Waals surface area contributed by atoms with Gasteiger partial charge in [0.2, 0.25) is 0 Å². The highest BCUT2D eigenvalue weighted by atomic mass is 16.5. The van der Waals surface area contributed by atoms with Crippen molar-refractivity contribution in [2.24, 2.45) is 5.84 Å². The number of aromatic nitrogens is 2. The van der Waals surface area contributed by atoms with E-state index in [1.54, 1.807) is 0 Å². The number of benzene rings is 1. The third-order valence-electron chi connectivity index (χ3n) is 3.28. The van der Waals surface area contributed by atoms with Crippen LogP contribution in [0.3, 0.4) is 0 Å². The monoisotopic (exact) mass is 285 g/mol. The van der Waals surface area contributed by atoms with Crippen molar-refractivity contribution in [2.75, 3.05) is 12.0 Å². The molecule has 1 amide bonds.